The van der Waals surface area contributed by atoms with Gasteiger partial charge in [-0.3, -0.25) is 9.10 Å². The second-order valence-electron chi connectivity index (χ2n) is 6.05. The molecule has 0 saturated carbocycles. The van der Waals surface area contributed by atoms with E-state index in [4.69, 9.17) is 5.73 Å². The molecule has 3 rings (SSSR count). The first-order valence-corrected chi connectivity index (χ1v) is 10.8. The molecule has 6 nitrogen and oxygen atoms in total. The van der Waals surface area contributed by atoms with E-state index in [-0.39, 0.29) is 23.5 Å². The summed E-state index contributed by atoms with van der Waals surface area (Å²) in [4.78, 5) is 16.0. The number of thiophene rings is 1. The number of rotatable bonds is 7. The second-order valence-corrected chi connectivity index (χ2v) is 8.94. The fraction of sp³-hybridized carbons (Fsp3) is 0.211. The van der Waals surface area contributed by atoms with Crippen LogP contribution in [0.5, 0.6) is 0 Å². The zero-order chi connectivity index (χ0) is 19.4. The van der Waals surface area contributed by atoms with E-state index < -0.39 is 10.0 Å². The minimum Gasteiger partial charge on any atom is -0.328 e. The van der Waals surface area contributed by atoms with Gasteiger partial charge in [0.2, 0.25) is 0 Å². The lowest BCUT2D eigenvalue weighted by molar-refractivity contribution is 0.500. The van der Waals surface area contributed by atoms with Crippen LogP contribution in [0.3, 0.4) is 0 Å². The normalized spacial score (nSPS) is 12.1. The molecule has 0 atom stereocenters. The Hall–Kier alpha value is -2.42. The predicted octanol–water partition coefficient (Wildman–Crippen LogP) is 2.60. The standard InChI is InChI=1S/C19H21N3O3S2/c1-14-13-21-19(23)16-6-2-7-17(18(14)16)27(24,25)22(10-4-9-20)11-8-15-5-3-12-26-15/h2-7,10,12-13H,8-9,11,20H2,1H3,(H,21,23). The van der Waals surface area contributed by atoms with E-state index >= 15 is 0 Å². The number of hydrogen-bond acceptors (Lipinski definition) is 5. The lowest BCUT2D eigenvalue weighted by Gasteiger charge is -2.21. The third-order valence-corrected chi connectivity index (χ3v) is 6.99. The Morgan fingerprint density at radius 2 is 2.07 bits per heavy atom. The molecular weight excluding hydrogens is 382 g/mol. The molecule has 0 saturated heterocycles. The fourth-order valence-corrected chi connectivity index (χ4v) is 5.23. The van der Waals surface area contributed by atoms with Gasteiger partial charge in [0.25, 0.3) is 15.6 Å². The maximum Gasteiger partial charge on any atom is 0.264 e. The van der Waals surface area contributed by atoms with Crippen LogP contribution in [0.4, 0.5) is 0 Å². The van der Waals surface area contributed by atoms with Gasteiger partial charge in [-0.1, -0.05) is 18.2 Å². The fourth-order valence-electron chi connectivity index (χ4n) is 2.92. The lowest BCUT2D eigenvalue weighted by atomic mass is 10.1. The first kappa shape index (κ1) is 19.3. The summed E-state index contributed by atoms with van der Waals surface area (Å²) in [6, 6.07) is 8.68. The Morgan fingerprint density at radius 1 is 1.26 bits per heavy atom. The summed E-state index contributed by atoms with van der Waals surface area (Å²) >= 11 is 1.59. The van der Waals surface area contributed by atoms with E-state index in [1.165, 1.54) is 16.7 Å². The number of fused-ring (bicyclic) bond motifs is 1. The van der Waals surface area contributed by atoms with E-state index in [2.05, 4.69) is 4.98 Å². The summed E-state index contributed by atoms with van der Waals surface area (Å²) in [7, 11) is -3.85. The number of pyridine rings is 1. The van der Waals surface area contributed by atoms with Gasteiger partial charge in [0.05, 0.1) is 4.90 Å². The Kier molecular flexibility index (Phi) is 5.79. The molecule has 8 heteroatoms. The molecule has 3 aromatic rings. The summed E-state index contributed by atoms with van der Waals surface area (Å²) in [5, 5.41) is 2.77. The number of aromatic nitrogens is 1. The Morgan fingerprint density at radius 3 is 2.78 bits per heavy atom. The van der Waals surface area contributed by atoms with Crippen LogP contribution in [0.25, 0.3) is 10.8 Å². The monoisotopic (exact) mass is 403 g/mol. The minimum atomic E-state index is -3.85. The first-order valence-electron chi connectivity index (χ1n) is 8.47. The van der Waals surface area contributed by atoms with Crippen molar-refractivity contribution in [2.75, 3.05) is 13.1 Å². The van der Waals surface area contributed by atoms with Crippen molar-refractivity contribution < 1.29 is 8.42 Å². The first-order chi connectivity index (χ1) is 12.9. The highest BCUT2D eigenvalue weighted by molar-refractivity contribution is 7.89. The van der Waals surface area contributed by atoms with Gasteiger partial charge in [0.15, 0.2) is 0 Å². The molecule has 0 aliphatic carbocycles. The van der Waals surface area contributed by atoms with Gasteiger partial charge in [-0.05, 0) is 36.1 Å². The van der Waals surface area contributed by atoms with E-state index in [1.807, 2.05) is 17.5 Å². The second kappa shape index (κ2) is 8.08. The van der Waals surface area contributed by atoms with Crippen molar-refractivity contribution in [2.45, 2.75) is 18.2 Å². The number of H-pyrrole nitrogens is 1. The number of hydrogen-bond donors (Lipinski definition) is 2. The molecule has 0 fully saturated rings. The molecule has 2 aromatic heterocycles. The molecule has 3 N–H and O–H groups in total. The molecule has 0 aliphatic rings. The molecule has 1 aromatic carbocycles. The SMILES string of the molecule is Cc1c[nH]c(=O)c2cccc(S(=O)(=O)N(C=CCN)CCc3cccs3)c12. The maximum atomic E-state index is 13.4. The van der Waals surface area contributed by atoms with Crippen molar-refractivity contribution in [2.24, 2.45) is 5.73 Å². The van der Waals surface area contributed by atoms with Crippen LogP contribution in [-0.4, -0.2) is 30.8 Å². The molecule has 0 spiro atoms. The Balaban J connectivity index is 2.09. The van der Waals surface area contributed by atoms with E-state index in [9.17, 15) is 13.2 Å². The van der Waals surface area contributed by atoms with Crippen molar-refractivity contribution in [3.63, 3.8) is 0 Å². The largest absolute Gasteiger partial charge is 0.328 e. The van der Waals surface area contributed by atoms with Gasteiger partial charge in [0, 0.05) is 47.6 Å². The molecule has 2 heterocycles. The molecule has 0 radical (unpaired) electrons. The summed E-state index contributed by atoms with van der Waals surface area (Å²) < 4.78 is 28.1. The molecule has 0 amide bonds. The zero-order valence-corrected chi connectivity index (χ0v) is 16.5. The van der Waals surface area contributed by atoms with E-state index in [0.29, 0.717) is 22.8 Å². The number of aryl methyl sites for hydroxylation is 1. The summed E-state index contributed by atoms with van der Waals surface area (Å²) in [6.07, 6.45) is 5.24. The molecule has 0 bridgehead atoms. The van der Waals surface area contributed by atoms with E-state index in [1.54, 1.807) is 42.5 Å². The van der Waals surface area contributed by atoms with Crippen molar-refractivity contribution in [3.05, 3.63) is 75.0 Å². The number of nitrogens with two attached hydrogens (primary N) is 1. The highest BCUT2D eigenvalue weighted by Gasteiger charge is 2.25. The predicted molar refractivity (Wildman–Crippen MR) is 109 cm³/mol. The summed E-state index contributed by atoms with van der Waals surface area (Å²) in [5.74, 6) is 0. The minimum absolute atomic E-state index is 0.122. The van der Waals surface area contributed by atoms with Crippen LogP contribution in [0.2, 0.25) is 0 Å². The van der Waals surface area contributed by atoms with Gasteiger partial charge in [-0.15, -0.1) is 11.3 Å². The number of nitrogens with one attached hydrogen (secondary N) is 1. The number of benzene rings is 1. The van der Waals surface area contributed by atoms with Crippen LogP contribution in [0.15, 0.2) is 63.9 Å². The average molecular weight is 404 g/mol. The van der Waals surface area contributed by atoms with Crippen molar-refractivity contribution in [1.82, 2.24) is 9.29 Å². The van der Waals surface area contributed by atoms with Crippen molar-refractivity contribution >= 4 is 32.1 Å². The van der Waals surface area contributed by atoms with Crippen molar-refractivity contribution in [1.29, 1.82) is 0 Å². The number of aromatic amines is 1. The quantitative estimate of drug-likeness (QED) is 0.634. The van der Waals surface area contributed by atoms with E-state index in [0.717, 1.165) is 4.88 Å². The van der Waals surface area contributed by atoms with Gasteiger partial charge < -0.3 is 10.7 Å². The Labute approximate surface area is 162 Å². The lowest BCUT2D eigenvalue weighted by Crippen LogP contribution is -2.29. The third-order valence-electron chi connectivity index (χ3n) is 4.24. The smallest absolute Gasteiger partial charge is 0.264 e. The van der Waals surface area contributed by atoms with Crippen LogP contribution >= 0.6 is 11.3 Å². The molecule has 0 unspecified atom stereocenters. The topological polar surface area (TPSA) is 96.3 Å². The van der Waals surface area contributed by atoms with Crippen LogP contribution < -0.4 is 11.3 Å². The van der Waals surface area contributed by atoms with Gasteiger partial charge in [0.1, 0.15) is 0 Å². The average Bonchev–Trinajstić information content (AvgIpc) is 3.18. The van der Waals surface area contributed by atoms with Crippen LogP contribution in [0, 0.1) is 6.92 Å². The molecule has 0 aliphatic heterocycles. The van der Waals surface area contributed by atoms with Gasteiger partial charge >= 0.3 is 0 Å². The maximum absolute atomic E-state index is 13.4. The Bertz CT molecular complexity index is 1120. The molecular formula is C19H21N3O3S2. The summed E-state index contributed by atoms with van der Waals surface area (Å²) in [5.41, 5.74) is 5.92. The molecule has 142 valence electrons. The number of sulfonamides is 1. The van der Waals surface area contributed by atoms with Crippen LogP contribution in [-0.2, 0) is 16.4 Å². The summed E-state index contributed by atoms with van der Waals surface area (Å²) in [6.45, 7) is 2.31. The van der Waals surface area contributed by atoms with Crippen molar-refractivity contribution in [3.8, 4) is 0 Å². The highest BCUT2D eigenvalue weighted by Crippen LogP contribution is 2.27. The highest BCUT2D eigenvalue weighted by atomic mass is 32.2. The third kappa shape index (κ3) is 3.97. The van der Waals surface area contributed by atoms with Gasteiger partial charge in [-0.2, -0.15) is 0 Å². The number of nitrogens with zero attached hydrogens (tertiary/aromatic N) is 1. The zero-order valence-electron chi connectivity index (χ0n) is 14.9. The molecule has 27 heavy (non-hydrogen) atoms. The van der Waals surface area contributed by atoms with Crippen LogP contribution in [0.1, 0.15) is 10.4 Å². The van der Waals surface area contributed by atoms with Gasteiger partial charge in [-0.25, -0.2) is 8.42 Å².